The Bertz CT molecular complexity index is 1080. The number of allylic oxidation sites excluding steroid dienone is 2. The minimum Gasteiger partial charge on any atom is -0.394 e. The highest BCUT2D eigenvalue weighted by atomic mass is 16.5. The van der Waals surface area contributed by atoms with E-state index in [1.807, 2.05) is 13.8 Å². The van der Waals surface area contributed by atoms with Gasteiger partial charge in [0.2, 0.25) is 17.7 Å². The van der Waals surface area contributed by atoms with Gasteiger partial charge in [0, 0.05) is 13.0 Å². The summed E-state index contributed by atoms with van der Waals surface area (Å²) in [6, 6.07) is -2.97. The number of aliphatic hydroxyl groups excluding tert-OH is 3. The van der Waals surface area contributed by atoms with Gasteiger partial charge in [0.1, 0.15) is 30.4 Å². The van der Waals surface area contributed by atoms with Gasteiger partial charge in [0.25, 0.3) is 0 Å². The summed E-state index contributed by atoms with van der Waals surface area (Å²) < 4.78 is 6.16. The lowest BCUT2D eigenvalue weighted by Crippen LogP contribution is -2.70. The van der Waals surface area contributed by atoms with Crippen LogP contribution in [0.2, 0.25) is 0 Å². The molecule has 3 amide bonds. The zero-order valence-electron chi connectivity index (χ0n) is 37.8. The third kappa shape index (κ3) is 24.3. The van der Waals surface area contributed by atoms with Crippen LogP contribution >= 0.6 is 0 Å². The molecule has 0 aliphatic carbocycles. The maximum atomic E-state index is 14.0. The number of amides is 3. The lowest BCUT2D eigenvalue weighted by Gasteiger charge is -2.47. The zero-order valence-corrected chi connectivity index (χ0v) is 37.8. The quantitative estimate of drug-likeness (QED) is 0.0270. The third-order valence-electron chi connectivity index (χ3n) is 11.6. The van der Waals surface area contributed by atoms with Gasteiger partial charge in [0.05, 0.1) is 12.6 Å². The smallest absolute Gasteiger partial charge is 0.242 e. The molecule has 11 nitrogen and oxygen atoms in total. The summed E-state index contributed by atoms with van der Waals surface area (Å²) in [6.45, 7) is 9.72. The van der Waals surface area contributed by atoms with E-state index < -0.39 is 61.1 Å². The summed E-state index contributed by atoms with van der Waals surface area (Å²) in [5.74, 6) is -1.02. The standard InChI is InChI=1S/C47H90N4O7/c1-6-8-10-12-14-16-18-20-21-22-23-25-27-29-31-33-41(53)51(34-32-30-28-26-24-19-17-15-13-11-9-7-2)47-42(44(55)43(54)40(36-52)58-47)50-45(56)38(5)49-46(57)39(48)35-37(3)4/h20-21,37-40,42-44,47,52,54-55H,6-19,22-36,48H2,1-5H3,(H,49,57)(H,50,56)/b21-20-/t38-,39-,40+,42+,43+,44+,47+/m0/s1. The average Bonchev–Trinajstić information content (AvgIpc) is 3.19. The van der Waals surface area contributed by atoms with E-state index in [1.165, 1.54) is 96.8 Å². The van der Waals surface area contributed by atoms with E-state index in [-0.39, 0.29) is 11.8 Å². The third-order valence-corrected chi connectivity index (χ3v) is 11.6. The number of nitrogens with one attached hydrogen (secondary N) is 2. The van der Waals surface area contributed by atoms with Gasteiger partial charge in [-0.3, -0.25) is 14.4 Å². The van der Waals surface area contributed by atoms with Crippen LogP contribution in [-0.2, 0) is 19.1 Å². The Morgan fingerprint density at radius 2 is 1.14 bits per heavy atom. The van der Waals surface area contributed by atoms with Gasteiger partial charge in [-0.15, -0.1) is 0 Å². The average molecular weight is 823 g/mol. The lowest BCUT2D eigenvalue weighted by molar-refractivity contribution is -0.231. The van der Waals surface area contributed by atoms with Gasteiger partial charge >= 0.3 is 0 Å². The number of rotatable bonds is 36. The van der Waals surface area contributed by atoms with Crippen molar-refractivity contribution >= 4 is 17.7 Å². The number of hydrogen-bond donors (Lipinski definition) is 6. The molecule has 1 rings (SSSR count). The molecule has 1 aliphatic rings. The van der Waals surface area contributed by atoms with Crippen LogP contribution in [0.1, 0.15) is 208 Å². The lowest BCUT2D eigenvalue weighted by atomic mass is 9.94. The molecule has 11 heteroatoms. The van der Waals surface area contributed by atoms with E-state index in [0.29, 0.717) is 25.8 Å². The van der Waals surface area contributed by atoms with Gasteiger partial charge in [-0.2, -0.15) is 0 Å². The molecule has 0 spiro atoms. The molecule has 7 N–H and O–H groups in total. The van der Waals surface area contributed by atoms with Crippen molar-refractivity contribution < 1.29 is 34.4 Å². The van der Waals surface area contributed by atoms with Crippen molar-refractivity contribution in [2.24, 2.45) is 11.7 Å². The summed E-state index contributed by atoms with van der Waals surface area (Å²) >= 11 is 0. The number of ether oxygens (including phenoxy) is 1. The Morgan fingerprint density at radius 3 is 1.62 bits per heavy atom. The van der Waals surface area contributed by atoms with Crippen LogP contribution < -0.4 is 16.4 Å². The molecule has 0 aromatic rings. The Hall–Kier alpha value is -2.05. The molecule has 0 aromatic heterocycles. The van der Waals surface area contributed by atoms with E-state index in [1.54, 1.807) is 4.90 Å². The number of unbranched alkanes of at least 4 members (excludes halogenated alkanes) is 22. The molecular formula is C47H90N4O7. The molecule has 1 fully saturated rings. The van der Waals surface area contributed by atoms with Crippen LogP contribution in [0.5, 0.6) is 0 Å². The number of nitrogens with zero attached hydrogens (tertiary/aromatic N) is 1. The summed E-state index contributed by atoms with van der Waals surface area (Å²) in [5.41, 5.74) is 6.04. The van der Waals surface area contributed by atoms with Gasteiger partial charge in [-0.05, 0) is 57.8 Å². The van der Waals surface area contributed by atoms with E-state index in [0.717, 1.165) is 64.2 Å². The predicted octanol–water partition coefficient (Wildman–Crippen LogP) is 8.36. The van der Waals surface area contributed by atoms with Crippen LogP contribution in [0.15, 0.2) is 12.2 Å². The maximum absolute atomic E-state index is 14.0. The second-order valence-corrected chi connectivity index (χ2v) is 17.5. The Morgan fingerprint density at radius 1 is 0.672 bits per heavy atom. The summed E-state index contributed by atoms with van der Waals surface area (Å²) in [7, 11) is 0. The normalized spacial score (nSPS) is 20.7. The molecule has 7 atom stereocenters. The summed E-state index contributed by atoms with van der Waals surface area (Å²) in [5, 5.41) is 37.7. The van der Waals surface area contributed by atoms with Gasteiger partial charge < -0.3 is 41.3 Å². The highest BCUT2D eigenvalue weighted by molar-refractivity contribution is 5.89. The molecule has 0 aromatic carbocycles. The number of aliphatic hydroxyl groups is 3. The molecule has 1 saturated heterocycles. The number of hydrogen-bond acceptors (Lipinski definition) is 8. The van der Waals surface area contributed by atoms with Gasteiger partial charge in [-0.1, -0.05) is 162 Å². The first-order valence-electron chi connectivity index (χ1n) is 23.9. The van der Waals surface area contributed by atoms with Crippen molar-refractivity contribution in [2.75, 3.05) is 13.2 Å². The molecule has 1 heterocycles. The van der Waals surface area contributed by atoms with Crippen LogP contribution in [0.25, 0.3) is 0 Å². The topological polar surface area (TPSA) is 174 Å². The highest BCUT2D eigenvalue weighted by Gasteiger charge is 2.48. The van der Waals surface area contributed by atoms with Crippen LogP contribution in [0, 0.1) is 5.92 Å². The minimum atomic E-state index is -1.52. The largest absolute Gasteiger partial charge is 0.394 e. The Balaban J connectivity index is 2.86. The number of carbonyl (C=O) groups excluding carboxylic acids is 3. The molecule has 340 valence electrons. The first kappa shape index (κ1) is 54.0. The molecule has 0 unspecified atom stereocenters. The maximum Gasteiger partial charge on any atom is 0.242 e. The van der Waals surface area contributed by atoms with Crippen molar-refractivity contribution in [1.29, 1.82) is 0 Å². The molecule has 0 bridgehead atoms. The Labute approximate surface area is 354 Å². The predicted molar refractivity (Wildman–Crippen MR) is 237 cm³/mol. The molecular weight excluding hydrogens is 733 g/mol. The van der Waals surface area contributed by atoms with E-state index in [2.05, 4.69) is 36.6 Å². The SMILES string of the molecule is CCCCCCCC/C=C\CCCCCCCC(=O)N(CCCCCCCCCCCCCC)[C@@H]1O[C@H](CO)[C@@H](O)[C@H](O)[C@H]1NC(=O)[C@H](C)NC(=O)[C@@H](N)CC(C)C. The van der Waals surface area contributed by atoms with E-state index >= 15 is 0 Å². The van der Waals surface area contributed by atoms with Crippen molar-refractivity contribution in [3.05, 3.63) is 12.2 Å². The van der Waals surface area contributed by atoms with Gasteiger partial charge in [-0.25, -0.2) is 0 Å². The minimum absolute atomic E-state index is 0.147. The van der Waals surface area contributed by atoms with E-state index in [9.17, 15) is 29.7 Å². The molecule has 0 saturated carbocycles. The molecule has 0 radical (unpaired) electrons. The van der Waals surface area contributed by atoms with Crippen molar-refractivity contribution in [2.45, 2.75) is 251 Å². The van der Waals surface area contributed by atoms with Gasteiger partial charge in [0.15, 0.2) is 6.23 Å². The fraction of sp³-hybridized carbons (Fsp3) is 0.894. The molecule has 1 aliphatic heterocycles. The van der Waals surface area contributed by atoms with E-state index in [4.69, 9.17) is 10.5 Å². The number of carbonyl (C=O) groups is 3. The highest BCUT2D eigenvalue weighted by Crippen LogP contribution is 2.26. The first-order chi connectivity index (χ1) is 28.0. The second kappa shape index (κ2) is 34.6. The van der Waals surface area contributed by atoms with Crippen LogP contribution in [-0.4, -0.2) is 93.8 Å². The summed E-state index contributed by atoms with van der Waals surface area (Å²) in [4.78, 5) is 41.8. The Kier molecular flexibility index (Phi) is 32.2. The fourth-order valence-electron chi connectivity index (χ4n) is 7.82. The fourth-order valence-corrected chi connectivity index (χ4v) is 7.82. The van der Waals surface area contributed by atoms with Crippen molar-refractivity contribution in [3.63, 3.8) is 0 Å². The number of nitrogens with two attached hydrogens (primary N) is 1. The molecule has 58 heavy (non-hydrogen) atoms. The first-order valence-corrected chi connectivity index (χ1v) is 23.9. The van der Waals surface area contributed by atoms with Crippen LogP contribution in [0.3, 0.4) is 0 Å². The van der Waals surface area contributed by atoms with Crippen LogP contribution in [0.4, 0.5) is 0 Å². The van der Waals surface area contributed by atoms with Crippen molar-refractivity contribution in [3.8, 4) is 0 Å². The second-order valence-electron chi connectivity index (χ2n) is 17.5. The van der Waals surface area contributed by atoms with Crippen molar-refractivity contribution in [1.82, 2.24) is 15.5 Å². The monoisotopic (exact) mass is 823 g/mol. The summed E-state index contributed by atoms with van der Waals surface area (Å²) in [6.07, 6.45) is 29.3. The zero-order chi connectivity index (χ0) is 43.0.